The van der Waals surface area contributed by atoms with Crippen LogP contribution in [-0.2, 0) is 6.54 Å². The molecule has 0 unspecified atom stereocenters. The predicted octanol–water partition coefficient (Wildman–Crippen LogP) is 2.31. The molecule has 1 aromatic rings. The van der Waals surface area contributed by atoms with Crippen LogP contribution >= 0.6 is 0 Å². The molecule has 0 aliphatic carbocycles. The lowest BCUT2D eigenvalue weighted by Gasteiger charge is -2.35. The van der Waals surface area contributed by atoms with Crippen LogP contribution in [0.2, 0.25) is 0 Å². The molecule has 0 saturated heterocycles. The Kier molecular flexibility index (Phi) is 3.56. The summed E-state index contributed by atoms with van der Waals surface area (Å²) >= 11 is 0. The molecular formula is C13H19FN2. The Morgan fingerprint density at radius 1 is 1.38 bits per heavy atom. The normalized spacial score (nSPS) is 19.9. The minimum atomic E-state index is -0.127. The number of rotatable bonds is 3. The van der Waals surface area contributed by atoms with Crippen LogP contribution in [-0.4, -0.2) is 24.5 Å². The molecular weight excluding hydrogens is 203 g/mol. The van der Waals surface area contributed by atoms with Crippen molar-refractivity contribution < 1.29 is 4.39 Å². The number of hydrogen-bond donors (Lipinski definition) is 1. The number of halogens is 1. The number of nitrogens with zero attached hydrogens (tertiary/aromatic N) is 1. The van der Waals surface area contributed by atoms with E-state index in [9.17, 15) is 4.39 Å². The maximum absolute atomic E-state index is 13.3. The summed E-state index contributed by atoms with van der Waals surface area (Å²) < 4.78 is 13.3. The van der Waals surface area contributed by atoms with Crippen LogP contribution in [0.5, 0.6) is 0 Å². The molecule has 88 valence electrons. The average molecular weight is 222 g/mol. The Hall–Kier alpha value is -0.930. The van der Waals surface area contributed by atoms with Gasteiger partial charge in [-0.1, -0.05) is 19.9 Å². The van der Waals surface area contributed by atoms with Crippen molar-refractivity contribution in [1.82, 2.24) is 10.2 Å². The monoisotopic (exact) mass is 222 g/mol. The second-order valence-corrected chi connectivity index (χ2v) is 4.21. The molecule has 0 amide bonds. The van der Waals surface area contributed by atoms with Crippen molar-refractivity contribution in [2.24, 2.45) is 0 Å². The van der Waals surface area contributed by atoms with Crippen molar-refractivity contribution in [3.63, 3.8) is 0 Å². The van der Waals surface area contributed by atoms with Gasteiger partial charge in [0.05, 0.1) is 0 Å². The summed E-state index contributed by atoms with van der Waals surface area (Å²) in [5, 5.41) is 3.40. The lowest BCUT2D eigenvalue weighted by Crippen LogP contribution is -2.39. The molecule has 0 aromatic heterocycles. The lowest BCUT2D eigenvalue weighted by atomic mass is 9.95. The molecule has 1 aliphatic heterocycles. The van der Waals surface area contributed by atoms with Crippen LogP contribution in [0.3, 0.4) is 0 Å². The maximum atomic E-state index is 13.3. The van der Waals surface area contributed by atoms with Gasteiger partial charge >= 0.3 is 0 Å². The van der Waals surface area contributed by atoms with Crippen molar-refractivity contribution in [3.8, 4) is 0 Å². The van der Waals surface area contributed by atoms with Gasteiger partial charge in [0, 0.05) is 19.1 Å². The third-order valence-corrected chi connectivity index (χ3v) is 3.37. The van der Waals surface area contributed by atoms with Gasteiger partial charge in [0.25, 0.3) is 0 Å². The zero-order valence-electron chi connectivity index (χ0n) is 9.96. The van der Waals surface area contributed by atoms with E-state index >= 15 is 0 Å². The zero-order chi connectivity index (χ0) is 11.5. The minimum Gasteiger partial charge on any atom is -0.311 e. The largest absolute Gasteiger partial charge is 0.311 e. The van der Waals surface area contributed by atoms with E-state index in [-0.39, 0.29) is 5.82 Å². The molecule has 0 saturated carbocycles. The highest BCUT2D eigenvalue weighted by atomic mass is 19.1. The Morgan fingerprint density at radius 3 is 2.81 bits per heavy atom. The van der Waals surface area contributed by atoms with E-state index in [1.807, 2.05) is 6.07 Å². The second-order valence-electron chi connectivity index (χ2n) is 4.21. The Morgan fingerprint density at radius 2 is 2.12 bits per heavy atom. The third-order valence-electron chi connectivity index (χ3n) is 3.37. The van der Waals surface area contributed by atoms with Gasteiger partial charge in [0.15, 0.2) is 0 Å². The Bertz CT molecular complexity index is 361. The van der Waals surface area contributed by atoms with Gasteiger partial charge in [-0.05, 0) is 36.3 Å². The van der Waals surface area contributed by atoms with E-state index < -0.39 is 0 Å². The summed E-state index contributed by atoms with van der Waals surface area (Å²) in [6, 6.07) is 5.45. The first-order valence-electron chi connectivity index (χ1n) is 5.99. The summed E-state index contributed by atoms with van der Waals surface area (Å²) in [7, 11) is 0. The highest BCUT2D eigenvalue weighted by molar-refractivity contribution is 5.33. The minimum absolute atomic E-state index is 0.127. The molecule has 0 fully saturated rings. The third kappa shape index (κ3) is 2.11. The first kappa shape index (κ1) is 11.6. The van der Waals surface area contributed by atoms with Crippen LogP contribution < -0.4 is 5.32 Å². The summed E-state index contributed by atoms with van der Waals surface area (Å²) in [6.07, 6.45) is 0. The van der Waals surface area contributed by atoms with E-state index in [1.54, 1.807) is 12.1 Å². The molecule has 3 heteroatoms. The van der Waals surface area contributed by atoms with Gasteiger partial charge in [0.2, 0.25) is 0 Å². The van der Waals surface area contributed by atoms with Gasteiger partial charge in [-0.15, -0.1) is 0 Å². The van der Waals surface area contributed by atoms with Crippen molar-refractivity contribution in [2.45, 2.75) is 26.4 Å². The average Bonchev–Trinajstić information content (AvgIpc) is 2.31. The van der Waals surface area contributed by atoms with Gasteiger partial charge in [-0.2, -0.15) is 0 Å². The Labute approximate surface area is 96.5 Å². The summed E-state index contributed by atoms with van der Waals surface area (Å²) in [5.41, 5.74) is 2.38. The van der Waals surface area contributed by atoms with Crippen LogP contribution in [0, 0.1) is 5.82 Å². The highest BCUT2D eigenvalue weighted by Crippen LogP contribution is 2.27. The molecule has 0 bridgehead atoms. The first-order chi connectivity index (χ1) is 7.76. The van der Waals surface area contributed by atoms with Crippen molar-refractivity contribution in [2.75, 3.05) is 19.6 Å². The van der Waals surface area contributed by atoms with Crippen molar-refractivity contribution in [3.05, 3.63) is 35.1 Å². The fraction of sp³-hybridized carbons (Fsp3) is 0.538. The van der Waals surface area contributed by atoms with E-state index in [0.29, 0.717) is 6.04 Å². The van der Waals surface area contributed by atoms with Crippen LogP contribution in [0.4, 0.5) is 4.39 Å². The fourth-order valence-corrected chi connectivity index (χ4v) is 2.48. The SMILES string of the molecule is CCN(CC)[C@H]1CNCc2ccc(F)cc21. The topological polar surface area (TPSA) is 15.3 Å². The molecule has 1 aliphatic rings. The van der Waals surface area contributed by atoms with Crippen molar-refractivity contribution in [1.29, 1.82) is 0 Å². The lowest BCUT2D eigenvalue weighted by molar-refractivity contribution is 0.204. The highest BCUT2D eigenvalue weighted by Gasteiger charge is 2.24. The maximum Gasteiger partial charge on any atom is 0.123 e. The van der Waals surface area contributed by atoms with Gasteiger partial charge in [0.1, 0.15) is 5.82 Å². The summed E-state index contributed by atoms with van der Waals surface area (Å²) in [4.78, 5) is 2.37. The van der Waals surface area contributed by atoms with E-state index in [2.05, 4.69) is 24.1 Å². The van der Waals surface area contributed by atoms with Gasteiger partial charge < -0.3 is 5.32 Å². The first-order valence-corrected chi connectivity index (χ1v) is 5.99. The smallest absolute Gasteiger partial charge is 0.123 e. The van der Waals surface area contributed by atoms with Crippen LogP contribution in [0.1, 0.15) is 31.0 Å². The molecule has 2 rings (SSSR count). The molecule has 2 nitrogen and oxygen atoms in total. The fourth-order valence-electron chi connectivity index (χ4n) is 2.48. The molecule has 1 N–H and O–H groups in total. The predicted molar refractivity (Wildman–Crippen MR) is 63.8 cm³/mol. The van der Waals surface area contributed by atoms with Gasteiger partial charge in [-0.3, -0.25) is 4.90 Å². The molecule has 16 heavy (non-hydrogen) atoms. The molecule has 0 spiro atoms. The number of fused-ring (bicyclic) bond motifs is 1. The molecule has 1 heterocycles. The number of hydrogen-bond acceptors (Lipinski definition) is 2. The molecule has 1 atom stereocenters. The van der Waals surface area contributed by atoms with E-state index in [1.165, 1.54) is 5.56 Å². The zero-order valence-corrected chi connectivity index (χ0v) is 9.96. The molecule has 0 radical (unpaired) electrons. The van der Waals surface area contributed by atoms with E-state index in [4.69, 9.17) is 0 Å². The van der Waals surface area contributed by atoms with Crippen LogP contribution in [0.25, 0.3) is 0 Å². The van der Waals surface area contributed by atoms with Gasteiger partial charge in [-0.25, -0.2) is 4.39 Å². The molecule has 1 aromatic carbocycles. The second kappa shape index (κ2) is 4.93. The van der Waals surface area contributed by atoms with Crippen LogP contribution in [0.15, 0.2) is 18.2 Å². The summed E-state index contributed by atoms with van der Waals surface area (Å²) in [5.74, 6) is -0.127. The summed E-state index contributed by atoms with van der Waals surface area (Å²) in [6.45, 7) is 8.07. The van der Waals surface area contributed by atoms with Crippen molar-refractivity contribution >= 4 is 0 Å². The quantitative estimate of drug-likeness (QED) is 0.844. The van der Waals surface area contributed by atoms with E-state index in [0.717, 1.165) is 31.7 Å². The number of likely N-dealkylation sites (N-methyl/N-ethyl adjacent to an activating group) is 1. The number of nitrogens with one attached hydrogen (secondary N) is 1. The Balaban J connectivity index is 2.34. The standard InChI is InChI=1S/C13H19FN2/c1-3-16(4-2)13-9-15-8-10-5-6-11(14)7-12(10)13/h5-7,13,15H,3-4,8-9H2,1-2H3/t13-/m0/s1. The number of benzene rings is 1.